The Bertz CT molecular complexity index is 604. The van der Waals surface area contributed by atoms with E-state index >= 15 is 0 Å². The molecule has 1 aromatic heterocycles. The third-order valence-electron chi connectivity index (χ3n) is 3.13. The summed E-state index contributed by atoms with van der Waals surface area (Å²) < 4.78 is 0. The molecule has 0 saturated heterocycles. The molecule has 92 valence electrons. The number of fused-ring (bicyclic) bond motifs is 1. The van der Waals surface area contributed by atoms with Crippen LogP contribution in [0.15, 0.2) is 29.3 Å². The standard InChI is InChI=1S/C14H14N2OS/c1-9(17)14-15-8-12(16-14)10-4-5-13-11(7-10)3-2-6-18-13/h4-5,7-8H,2-3,6H2,1H3,(H,15,16). The monoisotopic (exact) mass is 258 g/mol. The van der Waals surface area contributed by atoms with Crippen molar-refractivity contribution in [2.75, 3.05) is 5.75 Å². The van der Waals surface area contributed by atoms with Gasteiger partial charge in [-0.15, -0.1) is 11.8 Å². The van der Waals surface area contributed by atoms with E-state index in [0.717, 1.165) is 17.7 Å². The smallest absolute Gasteiger partial charge is 0.194 e. The molecule has 0 saturated carbocycles. The molecule has 3 nitrogen and oxygen atoms in total. The number of aromatic nitrogens is 2. The minimum absolute atomic E-state index is 0.0326. The fraction of sp³-hybridized carbons (Fsp3) is 0.286. The summed E-state index contributed by atoms with van der Waals surface area (Å²) in [6.45, 7) is 1.52. The van der Waals surface area contributed by atoms with Gasteiger partial charge in [0.2, 0.25) is 0 Å². The first kappa shape index (κ1) is 11.5. The Morgan fingerprint density at radius 2 is 2.33 bits per heavy atom. The number of aromatic amines is 1. The highest BCUT2D eigenvalue weighted by atomic mass is 32.2. The van der Waals surface area contributed by atoms with E-state index in [9.17, 15) is 4.79 Å². The number of nitrogens with zero attached hydrogens (tertiary/aromatic N) is 1. The molecule has 1 aromatic carbocycles. The lowest BCUT2D eigenvalue weighted by Crippen LogP contribution is -1.98. The molecule has 1 aliphatic rings. The molecule has 0 aliphatic carbocycles. The van der Waals surface area contributed by atoms with Crippen LogP contribution in [0.2, 0.25) is 0 Å². The van der Waals surface area contributed by atoms with Crippen molar-refractivity contribution in [1.82, 2.24) is 9.97 Å². The molecule has 2 heterocycles. The van der Waals surface area contributed by atoms with E-state index in [4.69, 9.17) is 0 Å². The van der Waals surface area contributed by atoms with Crippen LogP contribution in [0.25, 0.3) is 11.3 Å². The fourth-order valence-electron chi connectivity index (χ4n) is 2.17. The van der Waals surface area contributed by atoms with Crippen LogP contribution in [0.5, 0.6) is 0 Å². The second kappa shape index (κ2) is 4.61. The van der Waals surface area contributed by atoms with Crippen molar-refractivity contribution in [1.29, 1.82) is 0 Å². The largest absolute Gasteiger partial charge is 0.336 e. The van der Waals surface area contributed by atoms with Crippen molar-refractivity contribution in [3.8, 4) is 11.3 Å². The zero-order valence-electron chi connectivity index (χ0n) is 10.2. The summed E-state index contributed by atoms with van der Waals surface area (Å²) in [5.41, 5.74) is 3.43. The summed E-state index contributed by atoms with van der Waals surface area (Å²) >= 11 is 1.92. The van der Waals surface area contributed by atoms with Crippen molar-refractivity contribution in [3.05, 3.63) is 35.8 Å². The second-order valence-electron chi connectivity index (χ2n) is 4.48. The van der Waals surface area contributed by atoms with Gasteiger partial charge < -0.3 is 4.98 Å². The normalized spacial score (nSPS) is 14.3. The number of carbonyl (C=O) groups excluding carboxylic acids is 1. The minimum atomic E-state index is -0.0326. The fourth-order valence-corrected chi connectivity index (χ4v) is 3.19. The van der Waals surface area contributed by atoms with Gasteiger partial charge in [-0.1, -0.05) is 6.07 Å². The summed E-state index contributed by atoms with van der Waals surface area (Å²) in [5.74, 6) is 1.61. The van der Waals surface area contributed by atoms with Gasteiger partial charge in [0.05, 0.1) is 11.9 Å². The molecule has 0 radical (unpaired) electrons. The maximum atomic E-state index is 11.2. The van der Waals surface area contributed by atoms with Crippen LogP contribution < -0.4 is 0 Å². The van der Waals surface area contributed by atoms with E-state index in [-0.39, 0.29) is 5.78 Å². The first-order valence-electron chi connectivity index (χ1n) is 6.06. The maximum Gasteiger partial charge on any atom is 0.194 e. The van der Waals surface area contributed by atoms with Gasteiger partial charge in [0.25, 0.3) is 0 Å². The first-order chi connectivity index (χ1) is 8.74. The Morgan fingerprint density at radius 3 is 3.11 bits per heavy atom. The van der Waals surface area contributed by atoms with Crippen molar-refractivity contribution in [2.24, 2.45) is 0 Å². The molecule has 2 aromatic rings. The number of aryl methyl sites for hydroxylation is 1. The number of thioether (sulfide) groups is 1. The van der Waals surface area contributed by atoms with Crippen molar-refractivity contribution in [3.63, 3.8) is 0 Å². The lowest BCUT2D eigenvalue weighted by atomic mass is 10.0. The zero-order chi connectivity index (χ0) is 12.5. The van der Waals surface area contributed by atoms with E-state index in [1.54, 1.807) is 6.20 Å². The van der Waals surface area contributed by atoms with E-state index in [0.29, 0.717) is 5.82 Å². The molecule has 3 rings (SSSR count). The number of hydrogen-bond acceptors (Lipinski definition) is 3. The minimum Gasteiger partial charge on any atom is -0.336 e. The molecule has 18 heavy (non-hydrogen) atoms. The Balaban J connectivity index is 1.98. The molecule has 0 unspecified atom stereocenters. The molecule has 1 N–H and O–H groups in total. The van der Waals surface area contributed by atoms with Crippen LogP contribution >= 0.6 is 11.8 Å². The number of ketones is 1. The highest BCUT2D eigenvalue weighted by Crippen LogP contribution is 2.32. The predicted molar refractivity (Wildman–Crippen MR) is 73.1 cm³/mol. The topological polar surface area (TPSA) is 45.8 Å². The van der Waals surface area contributed by atoms with Crippen molar-refractivity contribution >= 4 is 17.5 Å². The molecular weight excluding hydrogens is 244 g/mol. The lowest BCUT2D eigenvalue weighted by molar-refractivity contribution is 0.100. The number of rotatable bonds is 2. The molecule has 0 spiro atoms. The Kier molecular flexibility index (Phi) is 2.96. The summed E-state index contributed by atoms with van der Waals surface area (Å²) in [4.78, 5) is 19.8. The van der Waals surface area contributed by atoms with Crippen molar-refractivity contribution < 1.29 is 4.79 Å². The third-order valence-corrected chi connectivity index (χ3v) is 4.33. The summed E-state index contributed by atoms with van der Waals surface area (Å²) in [5, 5.41) is 0. The van der Waals surface area contributed by atoms with E-state index in [1.807, 2.05) is 11.8 Å². The molecule has 4 heteroatoms. The van der Waals surface area contributed by atoms with Crippen LogP contribution in [0.4, 0.5) is 0 Å². The van der Waals surface area contributed by atoms with E-state index in [2.05, 4.69) is 28.2 Å². The van der Waals surface area contributed by atoms with Crippen LogP contribution in [-0.2, 0) is 6.42 Å². The first-order valence-corrected chi connectivity index (χ1v) is 7.04. The van der Waals surface area contributed by atoms with Gasteiger partial charge in [-0.25, -0.2) is 4.98 Å². The van der Waals surface area contributed by atoms with Crippen LogP contribution in [-0.4, -0.2) is 21.5 Å². The van der Waals surface area contributed by atoms with Crippen LogP contribution in [0, 0.1) is 0 Å². The Morgan fingerprint density at radius 1 is 1.44 bits per heavy atom. The number of imidazole rings is 1. The van der Waals surface area contributed by atoms with Gasteiger partial charge in [0.1, 0.15) is 0 Å². The van der Waals surface area contributed by atoms with Crippen LogP contribution in [0.1, 0.15) is 29.5 Å². The van der Waals surface area contributed by atoms with Crippen LogP contribution in [0.3, 0.4) is 0 Å². The zero-order valence-corrected chi connectivity index (χ0v) is 11.0. The third kappa shape index (κ3) is 2.08. The predicted octanol–water partition coefficient (Wildman–Crippen LogP) is 3.32. The van der Waals surface area contributed by atoms with Gasteiger partial charge in [-0.2, -0.15) is 0 Å². The highest BCUT2D eigenvalue weighted by Gasteiger charge is 2.12. The van der Waals surface area contributed by atoms with E-state index < -0.39 is 0 Å². The average molecular weight is 258 g/mol. The molecule has 0 bridgehead atoms. The Hall–Kier alpha value is -1.55. The number of nitrogens with one attached hydrogen (secondary N) is 1. The van der Waals surface area contributed by atoms with Gasteiger partial charge in [-0.05, 0) is 41.9 Å². The number of H-pyrrole nitrogens is 1. The summed E-state index contributed by atoms with van der Waals surface area (Å²) in [6.07, 6.45) is 4.11. The Labute approximate surface area is 110 Å². The summed E-state index contributed by atoms with van der Waals surface area (Å²) in [6, 6.07) is 6.47. The maximum absolute atomic E-state index is 11.2. The van der Waals surface area contributed by atoms with Gasteiger partial charge in [0, 0.05) is 11.8 Å². The molecular formula is C14H14N2OS. The number of carbonyl (C=O) groups is 1. The lowest BCUT2D eigenvalue weighted by Gasteiger charge is -2.15. The molecule has 0 amide bonds. The quantitative estimate of drug-likeness (QED) is 0.840. The van der Waals surface area contributed by atoms with E-state index in [1.165, 1.54) is 29.6 Å². The van der Waals surface area contributed by atoms with Gasteiger partial charge in [-0.3, -0.25) is 4.79 Å². The summed E-state index contributed by atoms with van der Waals surface area (Å²) in [7, 11) is 0. The number of Topliss-reactive ketones (excluding diaryl/α,β-unsaturated/α-hetero) is 1. The second-order valence-corrected chi connectivity index (χ2v) is 5.61. The van der Waals surface area contributed by atoms with Gasteiger partial charge >= 0.3 is 0 Å². The molecule has 0 atom stereocenters. The SMILES string of the molecule is CC(=O)c1ncc(-c2ccc3c(c2)CCCS3)[nH]1. The van der Waals surface area contributed by atoms with Gasteiger partial charge in [0.15, 0.2) is 11.6 Å². The average Bonchev–Trinajstić information content (AvgIpc) is 2.88. The molecule has 0 fully saturated rings. The number of benzene rings is 1. The van der Waals surface area contributed by atoms with Crippen molar-refractivity contribution in [2.45, 2.75) is 24.7 Å². The highest BCUT2D eigenvalue weighted by molar-refractivity contribution is 7.99. The number of hydrogen-bond donors (Lipinski definition) is 1. The molecule has 1 aliphatic heterocycles.